The third kappa shape index (κ3) is 3.06. The first-order chi connectivity index (χ1) is 13.3. The van der Waals surface area contributed by atoms with Crippen LogP contribution in [0.1, 0.15) is 62.0 Å². The number of anilines is 1. The zero-order valence-electron chi connectivity index (χ0n) is 16.3. The summed E-state index contributed by atoms with van der Waals surface area (Å²) in [4.78, 5) is 2.47. The molecule has 1 N–H and O–H groups in total. The van der Waals surface area contributed by atoms with Crippen LogP contribution in [0.3, 0.4) is 0 Å². The number of fused-ring (bicyclic) bond motifs is 1. The van der Waals surface area contributed by atoms with Gasteiger partial charge in [0, 0.05) is 44.5 Å². The van der Waals surface area contributed by atoms with E-state index >= 15 is 0 Å². The van der Waals surface area contributed by atoms with Crippen molar-refractivity contribution in [3.8, 4) is 0 Å². The average molecular weight is 371 g/mol. The standard InChI is InChI=1S/C20H30N6O/c1-2-26-18(15-3-4-17-16(13-15)14-21-22-17)23-24-19(26)25-9-5-20(6-10-25)7-11-27-12-8-20/h14-15H,2-13H2,1H3,(H,21,22). The quantitative estimate of drug-likeness (QED) is 0.899. The number of H-pyrrole nitrogens is 1. The predicted octanol–water partition coefficient (Wildman–Crippen LogP) is 2.69. The van der Waals surface area contributed by atoms with Crippen LogP contribution in [0.5, 0.6) is 0 Å². The Bertz CT molecular complexity index is 780. The summed E-state index contributed by atoms with van der Waals surface area (Å²) in [7, 11) is 0. The summed E-state index contributed by atoms with van der Waals surface area (Å²) in [6.45, 7) is 7.21. The van der Waals surface area contributed by atoms with E-state index < -0.39 is 0 Å². The van der Waals surface area contributed by atoms with Crippen molar-refractivity contribution in [3.63, 3.8) is 0 Å². The van der Waals surface area contributed by atoms with Crippen molar-refractivity contribution in [1.82, 2.24) is 25.0 Å². The largest absolute Gasteiger partial charge is 0.381 e. The second-order valence-electron chi connectivity index (χ2n) is 8.52. The third-order valence-corrected chi connectivity index (χ3v) is 7.12. The molecule has 0 saturated carbocycles. The fourth-order valence-corrected chi connectivity index (χ4v) is 5.27. The Morgan fingerprint density at radius 1 is 1.19 bits per heavy atom. The van der Waals surface area contributed by atoms with Gasteiger partial charge in [0.2, 0.25) is 5.95 Å². The summed E-state index contributed by atoms with van der Waals surface area (Å²) < 4.78 is 7.95. The molecule has 2 aliphatic heterocycles. The van der Waals surface area contributed by atoms with Crippen LogP contribution in [0.2, 0.25) is 0 Å². The molecule has 146 valence electrons. The molecule has 0 radical (unpaired) electrons. The van der Waals surface area contributed by atoms with Gasteiger partial charge in [0.25, 0.3) is 0 Å². The van der Waals surface area contributed by atoms with Gasteiger partial charge in [-0.3, -0.25) is 9.67 Å². The molecule has 7 heteroatoms. The van der Waals surface area contributed by atoms with E-state index in [1.165, 1.54) is 36.9 Å². The van der Waals surface area contributed by atoms with Crippen molar-refractivity contribution < 1.29 is 4.74 Å². The highest BCUT2D eigenvalue weighted by Crippen LogP contribution is 2.41. The van der Waals surface area contributed by atoms with E-state index in [4.69, 9.17) is 4.74 Å². The van der Waals surface area contributed by atoms with Gasteiger partial charge in [0.05, 0.1) is 6.20 Å². The van der Waals surface area contributed by atoms with Gasteiger partial charge in [0.1, 0.15) is 5.82 Å². The van der Waals surface area contributed by atoms with Gasteiger partial charge in [-0.25, -0.2) is 0 Å². The molecule has 2 fully saturated rings. The van der Waals surface area contributed by atoms with Crippen LogP contribution >= 0.6 is 0 Å². The molecular weight excluding hydrogens is 340 g/mol. The molecule has 2 aromatic rings. The van der Waals surface area contributed by atoms with Gasteiger partial charge in [0.15, 0.2) is 0 Å². The lowest BCUT2D eigenvalue weighted by molar-refractivity contribution is 0.00193. The number of nitrogens with zero attached hydrogens (tertiary/aromatic N) is 5. The molecule has 27 heavy (non-hydrogen) atoms. The van der Waals surface area contributed by atoms with Gasteiger partial charge in [-0.2, -0.15) is 5.10 Å². The maximum absolute atomic E-state index is 5.59. The lowest BCUT2D eigenvalue weighted by Crippen LogP contribution is -2.43. The molecule has 2 saturated heterocycles. The number of aryl methyl sites for hydroxylation is 1. The van der Waals surface area contributed by atoms with E-state index in [0.29, 0.717) is 11.3 Å². The fourth-order valence-electron chi connectivity index (χ4n) is 5.27. The van der Waals surface area contributed by atoms with E-state index in [1.54, 1.807) is 0 Å². The zero-order chi connectivity index (χ0) is 18.3. The van der Waals surface area contributed by atoms with E-state index in [9.17, 15) is 0 Å². The Kier molecular flexibility index (Phi) is 4.42. The van der Waals surface area contributed by atoms with E-state index in [1.807, 2.05) is 6.20 Å². The highest BCUT2D eigenvalue weighted by Gasteiger charge is 2.37. The maximum atomic E-state index is 5.59. The molecule has 7 nitrogen and oxygen atoms in total. The van der Waals surface area contributed by atoms with Crippen LogP contribution in [0, 0.1) is 5.41 Å². The number of rotatable bonds is 3. The minimum Gasteiger partial charge on any atom is -0.381 e. The van der Waals surface area contributed by atoms with Gasteiger partial charge in [-0.05, 0) is 62.8 Å². The summed E-state index contributed by atoms with van der Waals surface area (Å²) in [5.74, 6) is 2.68. The van der Waals surface area contributed by atoms with Gasteiger partial charge >= 0.3 is 0 Å². The lowest BCUT2D eigenvalue weighted by atomic mass is 9.72. The van der Waals surface area contributed by atoms with Crippen LogP contribution in [0.15, 0.2) is 6.20 Å². The molecular formula is C20H30N6O. The molecule has 1 unspecified atom stereocenters. The van der Waals surface area contributed by atoms with Gasteiger partial charge in [-0.1, -0.05) is 0 Å². The molecule has 3 aliphatic rings. The minimum absolute atomic E-state index is 0.447. The normalized spacial score (nSPS) is 24.9. The third-order valence-electron chi connectivity index (χ3n) is 7.12. The first-order valence-electron chi connectivity index (χ1n) is 10.5. The molecule has 0 amide bonds. The molecule has 5 rings (SSSR count). The second kappa shape index (κ2) is 6.93. The first-order valence-corrected chi connectivity index (χ1v) is 10.5. The van der Waals surface area contributed by atoms with Crippen LogP contribution in [-0.2, 0) is 24.1 Å². The Hall–Kier alpha value is -1.89. The average Bonchev–Trinajstić information content (AvgIpc) is 3.35. The molecule has 0 bridgehead atoms. The Morgan fingerprint density at radius 2 is 2.00 bits per heavy atom. The summed E-state index contributed by atoms with van der Waals surface area (Å²) >= 11 is 0. The smallest absolute Gasteiger partial charge is 0.227 e. The summed E-state index contributed by atoms with van der Waals surface area (Å²) in [5, 5.41) is 16.7. The Morgan fingerprint density at radius 3 is 2.78 bits per heavy atom. The van der Waals surface area contributed by atoms with Crippen molar-refractivity contribution in [2.75, 3.05) is 31.2 Å². The number of aromatic nitrogens is 5. The van der Waals surface area contributed by atoms with Crippen molar-refractivity contribution in [3.05, 3.63) is 23.3 Å². The number of hydrogen-bond acceptors (Lipinski definition) is 5. The minimum atomic E-state index is 0.447. The van der Waals surface area contributed by atoms with Gasteiger partial charge < -0.3 is 9.64 Å². The van der Waals surface area contributed by atoms with E-state index in [-0.39, 0.29) is 0 Å². The van der Waals surface area contributed by atoms with Gasteiger partial charge in [-0.15, -0.1) is 10.2 Å². The highest BCUT2D eigenvalue weighted by molar-refractivity contribution is 5.34. The molecule has 1 atom stereocenters. The zero-order valence-corrected chi connectivity index (χ0v) is 16.3. The highest BCUT2D eigenvalue weighted by atomic mass is 16.5. The number of aromatic amines is 1. The second-order valence-corrected chi connectivity index (χ2v) is 8.52. The van der Waals surface area contributed by atoms with Crippen LogP contribution in [0.4, 0.5) is 5.95 Å². The summed E-state index contributed by atoms with van der Waals surface area (Å²) in [5.41, 5.74) is 3.15. The SMILES string of the molecule is CCn1c(C2CCc3[nH]ncc3C2)nnc1N1CCC2(CCOCC2)CC1. The summed E-state index contributed by atoms with van der Waals surface area (Å²) in [6.07, 6.45) is 10.1. The molecule has 0 aromatic carbocycles. The molecule has 4 heterocycles. The molecule has 1 spiro atoms. The van der Waals surface area contributed by atoms with E-state index in [2.05, 4.69) is 36.8 Å². The number of nitrogens with one attached hydrogen (secondary N) is 1. The Labute approximate surface area is 160 Å². The van der Waals surface area contributed by atoms with Crippen LogP contribution < -0.4 is 4.90 Å². The number of piperidine rings is 1. The predicted molar refractivity (Wildman–Crippen MR) is 103 cm³/mol. The number of ether oxygens (including phenoxy) is 1. The fraction of sp³-hybridized carbons (Fsp3) is 0.750. The van der Waals surface area contributed by atoms with Crippen molar-refractivity contribution in [1.29, 1.82) is 0 Å². The topological polar surface area (TPSA) is 71.9 Å². The van der Waals surface area contributed by atoms with Crippen molar-refractivity contribution >= 4 is 5.95 Å². The monoisotopic (exact) mass is 370 g/mol. The number of hydrogen-bond donors (Lipinski definition) is 1. The Balaban J connectivity index is 1.33. The van der Waals surface area contributed by atoms with E-state index in [0.717, 1.165) is 63.9 Å². The first kappa shape index (κ1) is 17.2. The van der Waals surface area contributed by atoms with Crippen LogP contribution in [0.25, 0.3) is 0 Å². The molecule has 1 aliphatic carbocycles. The van der Waals surface area contributed by atoms with Crippen molar-refractivity contribution in [2.45, 2.75) is 64.3 Å². The lowest BCUT2D eigenvalue weighted by Gasteiger charge is -2.44. The maximum Gasteiger partial charge on any atom is 0.227 e. The van der Waals surface area contributed by atoms with Crippen LogP contribution in [-0.4, -0.2) is 51.3 Å². The summed E-state index contributed by atoms with van der Waals surface area (Å²) in [6, 6.07) is 0. The molecule has 2 aromatic heterocycles. The van der Waals surface area contributed by atoms with Crippen molar-refractivity contribution in [2.24, 2.45) is 5.41 Å².